The van der Waals surface area contributed by atoms with Crippen molar-refractivity contribution in [1.82, 2.24) is 4.90 Å². The van der Waals surface area contributed by atoms with Crippen LogP contribution >= 0.6 is 15.9 Å². The Bertz CT molecular complexity index is 393. The second kappa shape index (κ2) is 7.88. The van der Waals surface area contributed by atoms with Crippen LogP contribution in [0.25, 0.3) is 0 Å². The fourth-order valence-corrected chi connectivity index (χ4v) is 3.01. The van der Waals surface area contributed by atoms with E-state index in [0.29, 0.717) is 12.6 Å². The fraction of sp³-hybridized carbons (Fsp3) is 0.600. The molecule has 0 radical (unpaired) electrons. The summed E-state index contributed by atoms with van der Waals surface area (Å²) in [6, 6.07) is 7.08. The molecule has 19 heavy (non-hydrogen) atoms. The molecule has 0 fully saturated rings. The van der Waals surface area contributed by atoms with E-state index in [2.05, 4.69) is 71.9 Å². The van der Waals surface area contributed by atoms with Crippen molar-refractivity contribution in [3.8, 4) is 0 Å². The average molecular weight is 328 g/mol. The number of hydrogen-bond acceptors (Lipinski definition) is 3. The van der Waals surface area contributed by atoms with Crippen LogP contribution in [0, 0.1) is 0 Å². The van der Waals surface area contributed by atoms with Gasteiger partial charge in [-0.1, -0.05) is 22.0 Å². The summed E-state index contributed by atoms with van der Waals surface area (Å²) < 4.78 is 1.16. The van der Waals surface area contributed by atoms with Crippen LogP contribution in [0.1, 0.15) is 19.4 Å². The first-order valence-corrected chi connectivity index (χ1v) is 7.68. The summed E-state index contributed by atoms with van der Waals surface area (Å²) in [6.45, 7) is 7.22. The van der Waals surface area contributed by atoms with Crippen molar-refractivity contribution in [1.29, 1.82) is 0 Å². The van der Waals surface area contributed by atoms with Crippen molar-refractivity contribution < 1.29 is 0 Å². The SMILES string of the molecule is CCN(c1ccc(CCN)c(Br)c1)C(C)CN(C)C. The number of rotatable bonds is 7. The summed E-state index contributed by atoms with van der Waals surface area (Å²) >= 11 is 3.65. The van der Waals surface area contributed by atoms with Gasteiger partial charge in [0.25, 0.3) is 0 Å². The first kappa shape index (κ1) is 16.5. The van der Waals surface area contributed by atoms with E-state index >= 15 is 0 Å². The average Bonchev–Trinajstić information content (AvgIpc) is 2.32. The number of hydrogen-bond donors (Lipinski definition) is 1. The summed E-state index contributed by atoms with van der Waals surface area (Å²) in [5.41, 5.74) is 8.17. The van der Waals surface area contributed by atoms with E-state index in [1.807, 2.05) is 0 Å². The third kappa shape index (κ3) is 4.79. The van der Waals surface area contributed by atoms with Gasteiger partial charge >= 0.3 is 0 Å². The Labute approximate surface area is 125 Å². The zero-order valence-electron chi connectivity index (χ0n) is 12.5. The van der Waals surface area contributed by atoms with Gasteiger partial charge in [0.1, 0.15) is 0 Å². The molecule has 1 rings (SSSR count). The van der Waals surface area contributed by atoms with Gasteiger partial charge in [-0.2, -0.15) is 0 Å². The molecular formula is C15H26BrN3. The molecule has 0 spiro atoms. The van der Waals surface area contributed by atoms with E-state index in [9.17, 15) is 0 Å². The van der Waals surface area contributed by atoms with Crippen LogP contribution < -0.4 is 10.6 Å². The predicted octanol–water partition coefficient (Wildman–Crippen LogP) is 2.73. The van der Waals surface area contributed by atoms with Gasteiger partial charge in [0.15, 0.2) is 0 Å². The molecule has 0 aliphatic rings. The van der Waals surface area contributed by atoms with Gasteiger partial charge in [-0.05, 0) is 58.6 Å². The van der Waals surface area contributed by atoms with Gasteiger partial charge in [-0.3, -0.25) is 0 Å². The first-order valence-electron chi connectivity index (χ1n) is 6.89. The van der Waals surface area contributed by atoms with Gasteiger partial charge in [-0.15, -0.1) is 0 Å². The van der Waals surface area contributed by atoms with E-state index in [-0.39, 0.29) is 0 Å². The Morgan fingerprint density at radius 2 is 2.00 bits per heavy atom. The number of benzene rings is 1. The number of halogens is 1. The van der Waals surface area contributed by atoms with Crippen LogP contribution in [0.2, 0.25) is 0 Å². The lowest BCUT2D eigenvalue weighted by Gasteiger charge is -2.32. The van der Waals surface area contributed by atoms with Gasteiger partial charge in [-0.25, -0.2) is 0 Å². The Hall–Kier alpha value is -0.580. The summed E-state index contributed by atoms with van der Waals surface area (Å²) in [6.07, 6.45) is 0.917. The highest BCUT2D eigenvalue weighted by atomic mass is 79.9. The van der Waals surface area contributed by atoms with Gasteiger partial charge in [0.2, 0.25) is 0 Å². The lowest BCUT2D eigenvalue weighted by atomic mass is 10.1. The third-order valence-corrected chi connectivity index (χ3v) is 4.02. The zero-order valence-corrected chi connectivity index (χ0v) is 14.1. The van der Waals surface area contributed by atoms with E-state index < -0.39 is 0 Å². The molecule has 2 N–H and O–H groups in total. The zero-order chi connectivity index (χ0) is 14.4. The Morgan fingerprint density at radius 1 is 1.32 bits per heavy atom. The van der Waals surface area contributed by atoms with Crippen molar-refractivity contribution in [2.75, 3.05) is 38.6 Å². The van der Waals surface area contributed by atoms with Crippen LogP contribution in [0.3, 0.4) is 0 Å². The van der Waals surface area contributed by atoms with Crippen molar-refractivity contribution in [3.63, 3.8) is 0 Å². The van der Waals surface area contributed by atoms with E-state index in [0.717, 1.165) is 24.0 Å². The molecule has 1 unspecified atom stereocenters. The molecular weight excluding hydrogens is 302 g/mol. The van der Waals surface area contributed by atoms with E-state index in [1.165, 1.54) is 11.3 Å². The summed E-state index contributed by atoms with van der Waals surface area (Å²) in [7, 11) is 4.23. The molecule has 0 aliphatic carbocycles. The van der Waals surface area contributed by atoms with Gasteiger partial charge < -0.3 is 15.5 Å². The van der Waals surface area contributed by atoms with E-state index in [4.69, 9.17) is 5.73 Å². The minimum Gasteiger partial charge on any atom is -0.368 e. The molecule has 1 aromatic carbocycles. The molecule has 0 amide bonds. The van der Waals surface area contributed by atoms with Crippen LogP contribution in [0.15, 0.2) is 22.7 Å². The number of anilines is 1. The molecule has 0 bridgehead atoms. The molecule has 1 aromatic rings. The molecule has 4 heteroatoms. The maximum atomic E-state index is 5.62. The van der Waals surface area contributed by atoms with Crippen LogP contribution in [-0.2, 0) is 6.42 Å². The highest BCUT2D eigenvalue weighted by Crippen LogP contribution is 2.25. The standard InChI is InChI=1S/C15H26BrN3/c1-5-19(12(2)11-18(3)4)14-7-6-13(8-9-17)15(16)10-14/h6-7,10,12H,5,8-9,11,17H2,1-4H3. The normalized spacial score (nSPS) is 12.8. The smallest absolute Gasteiger partial charge is 0.0388 e. The molecule has 0 aliphatic heterocycles. The second-order valence-electron chi connectivity index (χ2n) is 5.21. The van der Waals surface area contributed by atoms with Crippen molar-refractivity contribution in [2.24, 2.45) is 5.73 Å². The molecule has 0 saturated carbocycles. The quantitative estimate of drug-likeness (QED) is 0.835. The van der Waals surface area contributed by atoms with Crippen molar-refractivity contribution in [2.45, 2.75) is 26.3 Å². The Kier molecular flexibility index (Phi) is 6.83. The van der Waals surface area contributed by atoms with Gasteiger partial charge in [0, 0.05) is 29.3 Å². The largest absolute Gasteiger partial charge is 0.368 e. The number of likely N-dealkylation sites (N-methyl/N-ethyl adjacent to an activating group) is 2. The van der Waals surface area contributed by atoms with Crippen LogP contribution in [-0.4, -0.2) is 44.7 Å². The monoisotopic (exact) mass is 327 g/mol. The maximum Gasteiger partial charge on any atom is 0.0388 e. The maximum absolute atomic E-state index is 5.62. The Balaban J connectivity index is 2.89. The lowest BCUT2D eigenvalue weighted by Crippen LogP contribution is -2.40. The number of nitrogens with two attached hydrogens (primary N) is 1. The molecule has 3 nitrogen and oxygen atoms in total. The summed E-state index contributed by atoms with van der Waals surface area (Å²) in [5, 5.41) is 0. The fourth-order valence-electron chi connectivity index (χ4n) is 2.45. The van der Waals surface area contributed by atoms with E-state index in [1.54, 1.807) is 0 Å². The predicted molar refractivity (Wildman–Crippen MR) is 87.9 cm³/mol. The summed E-state index contributed by atoms with van der Waals surface area (Å²) in [5.74, 6) is 0. The highest BCUT2D eigenvalue weighted by molar-refractivity contribution is 9.10. The first-order chi connectivity index (χ1) is 8.99. The number of nitrogens with zero attached hydrogens (tertiary/aromatic N) is 2. The lowest BCUT2D eigenvalue weighted by molar-refractivity contribution is 0.373. The van der Waals surface area contributed by atoms with Crippen LogP contribution in [0.4, 0.5) is 5.69 Å². The second-order valence-corrected chi connectivity index (χ2v) is 6.07. The molecule has 1 atom stereocenters. The molecule has 0 saturated heterocycles. The molecule has 108 valence electrons. The topological polar surface area (TPSA) is 32.5 Å². The minimum atomic E-state index is 0.493. The Morgan fingerprint density at radius 3 is 2.47 bits per heavy atom. The molecule has 0 aromatic heterocycles. The van der Waals surface area contributed by atoms with Crippen LogP contribution in [0.5, 0.6) is 0 Å². The third-order valence-electron chi connectivity index (χ3n) is 3.28. The highest BCUT2D eigenvalue weighted by Gasteiger charge is 2.14. The molecule has 0 heterocycles. The van der Waals surface area contributed by atoms with Crippen molar-refractivity contribution >= 4 is 21.6 Å². The van der Waals surface area contributed by atoms with Gasteiger partial charge in [0.05, 0.1) is 0 Å². The van der Waals surface area contributed by atoms with Crippen molar-refractivity contribution in [3.05, 3.63) is 28.2 Å². The summed E-state index contributed by atoms with van der Waals surface area (Å²) in [4.78, 5) is 4.65. The minimum absolute atomic E-state index is 0.493.